The van der Waals surface area contributed by atoms with Crippen molar-refractivity contribution in [1.82, 2.24) is 5.32 Å². The number of hydrogen-bond donors (Lipinski definition) is 1. The molecule has 1 aromatic rings. The fourth-order valence-electron chi connectivity index (χ4n) is 4.74. The number of benzene rings is 1. The van der Waals surface area contributed by atoms with E-state index in [0.29, 0.717) is 5.41 Å². The summed E-state index contributed by atoms with van der Waals surface area (Å²) in [7, 11) is 0. The van der Waals surface area contributed by atoms with E-state index in [1.807, 2.05) is 0 Å². The summed E-state index contributed by atoms with van der Waals surface area (Å²) in [4.78, 5) is 0. The van der Waals surface area contributed by atoms with Gasteiger partial charge in [0.25, 0.3) is 0 Å². The Morgan fingerprint density at radius 3 is 2.75 bits per heavy atom. The maximum Gasteiger partial charge on any atom is 0.0177 e. The van der Waals surface area contributed by atoms with Crippen LogP contribution < -0.4 is 5.32 Å². The number of hydrogen-bond acceptors (Lipinski definition) is 1. The molecule has 3 aliphatic carbocycles. The molecule has 1 N–H and O–H groups in total. The molecule has 0 aliphatic heterocycles. The molecule has 3 fully saturated rings. The monoisotopic (exact) mass is 333 g/mol. The van der Waals surface area contributed by atoms with Crippen molar-refractivity contribution >= 4 is 15.9 Å². The molecule has 108 valence electrons. The molecule has 4 rings (SSSR count). The minimum absolute atomic E-state index is 0.548. The quantitative estimate of drug-likeness (QED) is 0.833. The standard InChI is InChI=1S/C18H24BrN/c19-16-3-1-2-13(9-16)10-18(12-20-17-6-7-17)11-14-4-5-15(18)8-14/h1-3,9,14-15,17,20H,4-8,10-12H2. The minimum atomic E-state index is 0.548. The molecular weight excluding hydrogens is 310 g/mol. The summed E-state index contributed by atoms with van der Waals surface area (Å²) in [5.74, 6) is 1.99. The summed E-state index contributed by atoms with van der Waals surface area (Å²) in [6.45, 7) is 1.26. The van der Waals surface area contributed by atoms with E-state index in [9.17, 15) is 0 Å². The van der Waals surface area contributed by atoms with Gasteiger partial charge in [-0.15, -0.1) is 0 Å². The van der Waals surface area contributed by atoms with Crippen LogP contribution in [-0.4, -0.2) is 12.6 Å². The zero-order valence-electron chi connectivity index (χ0n) is 12.1. The van der Waals surface area contributed by atoms with Crippen molar-refractivity contribution in [2.45, 2.75) is 51.0 Å². The predicted molar refractivity (Wildman–Crippen MR) is 86.8 cm³/mol. The van der Waals surface area contributed by atoms with Crippen molar-refractivity contribution in [3.05, 3.63) is 34.3 Å². The van der Waals surface area contributed by atoms with Gasteiger partial charge in [-0.05, 0) is 73.5 Å². The molecule has 1 nitrogen and oxygen atoms in total. The first-order chi connectivity index (χ1) is 9.73. The van der Waals surface area contributed by atoms with Gasteiger partial charge in [0.1, 0.15) is 0 Å². The van der Waals surface area contributed by atoms with Crippen molar-refractivity contribution in [1.29, 1.82) is 0 Å². The Morgan fingerprint density at radius 2 is 2.10 bits per heavy atom. The highest BCUT2D eigenvalue weighted by Crippen LogP contribution is 2.57. The van der Waals surface area contributed by atoms with Crippen LogP contribution in [0.25, 0.3) is 0 Å². The summed E-state index contributed by atoms with van der Waals surface area (Å²) in [5.41, 5.74) is 2.07. The molecule has 0 radical (unpaired) electrons. The molecule has 3 atom stereocenters. The molecule has 20 heavy (non-hydrogen) atoms. The van der Waals surface area contributed by atoms with E-state index in [-0.39, 0.29) is 0 Å². The summed E-state index contributed by atoms with van der Waals surface area (Å²) >= 11 is 3.63. The first-order valence-electron chi connectivity index (χ1n) is 8.21. The lowest BCUT2D eigenvalue weighted by Crippen LogP contribution is -2.41. The molecule has 3 saturated carbocycles. The van der Waals surface area contributed by atoms with Crippen molar-refractivity contribution in [2.75, 3.05) is 6.54 Å². The van der Waals surface area contributed by atoms with E-state index < -0.39 is 0 Å². The SMILES string of the molecule is Brc1cccc(CC2(CNC3CC3)CC3CCC2C3)c1. The normalized spacial score (nSPS) is 35.6. The molecule has 0 aromatic heterocycles. The van der Waals surface area contributed by atoms with Gasteiger partial charge in [-0.3, -0.25) is 0 Å². The lowest BCUT2D eigenvalue weighted by atomic mass is 9.69. The largest absolute Gasteiger partial charge is 0.313 e. The van der Waals surface area contributed by atoms with Gasteiger partial charge in [-0.25, -0.2) is 0 Å². The molecule has 0 spiro atoms. The maximum atomic E-state index is 3.85. The van der Waals surface area contributed by atoms with E-state index in [0.717, 1.165) is 17.9 Å². The van der Waals surface area contributed by atoms with Crippen LogP contribution in [-0.2, 0) is 6.42 Å². The maximum absolute atomic E-state index is 3.85. The second-order valence-electron chi connectivity index (χ2n) is 7.40. The third-order valence-electron chi connectivity index (χ3n) is 5.87. The topological polar surface area (TPSA) is 12.0 Å². The molecule has 2 heteroatoms. The third kappa shape index (κ3) is 2.57. The van der Waals surface area contributed by atoms with E-state index in [4.69, 9.17) is 0 Å². The van der Waals surface area contributed by atoms with Gasteiger partial charge in [0.15, 0.2) is 0 Å². The summed E-state index contributed by atoms with van der Waals surface area (Å²) in [6.07, 6.45) is 10.0. The van der Waals surface area contributed by atoms with E-state index in [1.165, 1.54) is 61.5 Å². The zero-order valence-corrected chi connectivity index (χ0v) is 13.7. The highest BCUT2D eigenvalue weighted by Gasteiger charge is 2.50. The number of rotatable bonds is 5. The van der Waals surface area contributed by atoms with E-state index >= 15 is 0 Å². The van der Waals surface area contributed by atoms with Crippen molar-refractivity contribution < 1.29 is 0 Å². The average Bonchev–Trinajstić information content (AvgIpc) is 3.06. The second kappa shape index (κ2) is 5.14. The smallest absolute Gasteiger partial charge is 0.0177 e. The van der Waals surface area contributed by atoms with Crippen LogP contribution in [0.2, 0.25) is 0 Å². The van der Waals surface area contributed by atoms with Crippen LogP contribution >= 0.6 is 15.9 Å². The van der Waals surface area contributed by atoms with Gasteiger partial charge in [-0.1, -0.05) is 34.5 Å². The Kier molecular flexibility index (Phi) is 3.42. The number of halogens is 1. The van der Waals surface area contributed by atoms with Crippen LogP contribution in [0.3, 0.4) is 0 Å². The first-order valence-corrected chi connectivity index (χ1v) is 9.01. The zero-order chi connectivity index (χ0) is 13.6. The average molecular weight is 334 g/mol. The third-order valence-corrected chi connectivity index (χ3v) is 6.36. The highest BCUT2D eigenvalue weighted by atomic mass is 79.9. The van der Waals surface area contributed by atoms with Gasteiger partial charge in [0.05, 0.1) is 0 Å². The minimum Gasteiger partial charge on any atom is -0.313 e. The van der Waals surface area contributed by atoms with Crippen molar-refractivity contribution in [2.24, 2.45) is 17.3 Å². The van der Waals surface area contributed by atoms with Gasteiger partial charge < -0.3 is 5.32 Å². The number of fused-ring (bicyclic) bond motifs is 2. The summed E-state index contributed by atoms with van der Waals surface area (Å²) < 4.78 is 1.23. The molecule has 2 bridgehead atoms. The Hall–Kier alpha value is -0.340. The molecule has 0 amide bonds. The van der Waals surface area contributed by atoms with Gasteiger partial charge in [0, 0.05) is 17.1 Å². The van der Waals surface area contributed by atoms with E-state index in [2.05, 4.69) is 45.5 Å². The van der Waals surface area contributed by atoms with Gasteiger partial charge in [0.2, 0.25) is 0 Å². The van der Waals surface area contributed by atoms with E-state index in [1.54, 1.807) is 0 Å². The summed E-state index contributed by atoms with van der Waals surface area (Å²) in [5, 5.41) is 3.85. The Bertz CT molecular complexity index is 496. The second-order valence-corrected chi connectivity index (χ2v) is 8.32. The molecule has 0 saturated heterocycles. The predicted octanol–water partition coefficient (Wildman–Crippen LogP) is 4.55. The fraction of sp³-hybridized carbons (Fsp3) is 0.667. The molecule has 3 unspecified atom stereocenters. The van der Waals surface area contributed by atoms with Crippen LogP contribution in [0, 0.1) is 17.3 Å². The molecule has 0 heterocycles. The van der Waals surface area contributed by atoms with Crippen molar-refractivity contribution in [3.8, 4) is 0 Å². The molecular formula is C18H24BrN. The highest BCUT2D eigenvalue weighted by molar-refractivity contribution is 9.10. The molecule has 3 aliphatic rings. The lowest BCUT2D eigenvalue weighted by Gasteiger charge is -2.38. The van der Waals surface area contributed by atoms with Crippen LogP contribution in [0.5, 0.6) is 0 Å². The Morgan fingerprint density at radius 1 is 1.20 bits per heavy atom. The Balaban J connectivity index is 1.54. The lowest BCUT2D eigenvalue weighted by molar-refractivity contribution is 0.155. The fourth-order valence-corrected chi connectivity index (χ4v) is 5.19. The number of nitrogens with one attached hydrogen (secondary N) is 1. The van der Waals surface area contributed by atoms with Crippen LogP contribution in [0.4, 0.5) is 0 Å². The Labute approximate surface area is 130 Å². The van der Waals surface area contributed by atoms with Crippen LogP contribution in [0.15, 0.2) is 28.7 Å². The van der Waals surface area contributed by atoms with Gasteiger partial charge >= 0.3 is 0 Å². The first kappa shape index (κ1) is 13.3. The van der Waals surface area contributed by atoms with Crippen molar-refractivity contribution in [3.63, 3.8) is 0 Å². The van der Waals surface area contributed by atoms with Gasteiger partial charge in [-0.2, -0.15) is 0 Å². The van der Waals surface area contributed by atoms with Crippen LogP contribution in [0.1, 0.15) is 44.1 Å². The molecule has 1 aromatic carbocycles. The summed E-state index contributed by atoms with van der Waals surface area (Å²) in [6, 6.07) is 9.81.